The summed E-state index contributed by atoms with van der Waals surface area (Å²) in [5, 5.41) is 0. The van der Waals surface area contributed by atoms with Gasteiger partial charge in [-0.15, -0.1) is 0 Å². The number of nitrogens with zero attached hydrogens (tertiary/aromatic N) is 1. The highest BCUT2D eigenvalue weighted by Crippen LogP contribution is 2.33. The first-order valence-electron chi connectivity index (χ1n) is 5.76. The highest BCUT2D eigenvalue weighted by molar-refractivity contribution is 6.09. The Bertz CT molecular complexity index is 627. The molecule has 0 aliphatic carbocycles. The van der Waals surface area contributed by atoms with Crippen LogP contribution >= 0.6 is 0 Å². The molecule has 0 atom stereocenters. The lowest BCUT2D eigenvalue weighted by Crippen LogP contribution is -2.15. The third-order valence-electron chi connectivity index (χ3n) is 2.95. The number of aryl methyl sites for hydroxylation is 1. The van der Waals surface area contributed by atoms with Crippen molar-refractivity contribution in [3.05, 3.63) is 53.3 Å². The molecule has 0 radical (unpaired) electrons. The Labute approximate surface area is 113 Å². The molecule has 1 heterocycles. The molecule has 0 spiro atoms. The molecule has 1 aromatic heterocycles. The minimum Gasteiger partial charge on any atom is -0.497 e. The van der Waals surface area contributed by atoms with Gasteiger partial charge < -0.3 is 9.30 Å². The number of ether oxygens (including phenoxy) is 1. The number of carbonyl (C=O) groups is 1. The van der Waals surface area contributed by atoms with Crippen LogP contribution in [0.2, 0.25) is 0 Å². The fraction of sp³-hybridized carbons (Fsp3) is 0.214. The number of carbonyl (C=O) groups excluding carboxylic acids is 1. The normalized spacial score (nSPS) is 11.4. The number of methoxy groups -OCH3 is 1. The average Bonchev–Trinajstić information content (AvgIpc) is 2.80. The highest BCUT2D eigenvalue weighted by atomic mass is 19.4. The molecule has 106 valence electrons. The quantitative estimate of drug-likeness (QED) is 0.809. The number of ketones is 1. The molecule has 0 saturated carbocycles. The Morgan fingerprint density at radius 2 is 1.75 bits per heavy atom. The fourth-order valence-corrected chi connectivity index (χ4v) is 1.92. The molecule has 3 nitrogen and oxygen atoms in total. The van der Waals surface area contributed by atoms with E-state index in [0.29, 0.717) is 5.75 Å². The predicted molar refractivity (Wildman–Crippen MR) is 66.8 cm³/mol. The van der Waals surface area contributed by atoms with E-state index in [0.717, 1.165) is 6.07 Å². The lowest BCUT2D eigenvalue weighted by atomic mass is 10.0. The topological polar surface area (TPSA) is 31.2 Å². The maximum atomic E-state index is 12.9. The smallest absolute Gasteiger partial charge is 0.418 e. The van der Waals surface area contributed by atoms with E-state index in [9.17, 15) is 18.0 Å². The van der Waals surface area contributed by atoms with Crippen LogP contribution in [0, 0.1) is 0 Å². The number of aromatic nitrogens is 1. The van der Waals surface area contributed by atoms with E-state index in [2.05, 4.69) is 0 Å². The molecule has 0 unspecified atom stereocenters. The molecule has 0 N–H and O–H groups in total. The highest BCUT2D eigenvalue weighted by Gasteiger charge is 2.37. The van der Waals surface area contributed by atoms with Crippen molar-refractivity contribution in [2.75, 3.05) is 7.11 Å². The van der Waals surface area contributed by atoms with Gasteiger partial charge in [-0.25, -0.2) is 0 Å². The van der Waals surface area contributed by atoms with Gasteiger partial charge in [0.1, 0.15) is 11.4 Å². The maximum Gasteiger partial charge on any atom is 0.418 e. The van der Waals surface area contributed by atoms with Crippen molar-refractivity contribution in [3.8, 4) is 5.75 Å². The Kier molecular flexibility index (Phi) is 3.57. The van der Waals surface area contributed by atoms with Gasteiger partial charge in [0, 0.05) is 18.8 Å². The summed E-state index contributed by atoms with van der Waals surface area (Å²) in [6.45, 7) is 0. The first-order chi connectivity index (χ1) is 9.34. The summed E-state index contributed by atoms with van der Waals surface area (Å²) in [4.78, 5) is 12.2. The third kappa shape index (κ3) is 2.54. The monoisotopic (exact) mass is 283 g/mol. The second kappa shape index (κ2) is 5.03. The van der Waals surface area contributed by atoms with E-state index < -0.39 is 17.5 Å². The molecule has 20 heavy (non-hydrogen) atoms. The van der Waals surface area contributed by atoms with Gasteiger partial charge in [0.05, 0.1) is 12.7 Å². The zero-order valence-electron chi connectivity index (χ0n) is 10.9. The lowest BCUT2D eigenvalue weighted by Gasteiger charge is -2.10. The van der Waals surface area contributed by atoms with Gasteiger partial charge in [-0.1, -0.05) is 0 Å². The third-order valence-corrected chi connectivity index (χ3v) is 2.95. The number of hydrogen-bond donors (Lipinski definition) is 0. The van der Waals surface area contributed by atoms with E-state index in [4.69, 9.17) is 4.74 Å². The molecule has 0 aliphatic rings. The molecule has 0 saturated heterocycles. The summed E-state index contributed by atoms with van der Waals surface area (Å²) < 4.78 is 44.7. The van der Waals surface area contributed by atoms with Gasteiger partial charge in [-0.3, -0.25) is 4.79 Å². The summed E-state index contributed by atoms with van der Waals surface area (Å²) in [7, 11) is 2.88. The molecular weight excluding hydrogens is 271 g/mol. The van der Waals surface area contributed by atoms with Crippen molar-refractivity contribution in [1.82, 2.24) is 4.57 Å². The maximum absolute atomic E-state index is 12.9. The Hall–Kier alpha value is -2.24. The summed E-state index contributed by atoms with van der Waals surface area (Å²) in [5.74, 6) is -0.142. The fourth-order valence-electron chi connectivity index (χ4n) is 1.92. The van der Waals surface area contributed by atoms with Crippen molar-refractivity contribution < 1.29 is 22.7 Å². The second-order valence-electron chi connectivity index (χ2n) is 4.24. The van der Waals surface area contributed by atoms with Crippen LogP contribution in [0.25, 0.3) is 0 Å². The van der Waals surface area contributed by atoms with Gasteiger partial charge in [0.15, 0.2) is 0 Å². The van der Waals surface area contributed by atoms with E-state index in [1.54, 1.807) is 0 Å². The van der Waals surface area contributed by atoms with Gasteiger partial charge >= 0.3 is 6.18 Å². The molecule has 0 fully saturated rings. The number of benzene rings is 1. The molecule has 2 rings (SSSR count). The largest absolute Gasteiger partial charge is 0.497 e. The summed E-state index contributed by atoms with van der Waals surface area (Å²) >= 11 is 0. The average molecular weight is 283 g/mol. The molecular formula is C14H12F3NO2. The standard InChI is InChI=1S/C14H12F3NO2/c1-18-8-7-11(14(15,16)17)12(18)13(19)9-3-5-10(20-2)6-4-9/h3-8H,1-2H3. The summed E-state index contributed by atoms with van der Waals surface area (Å²) in [5.41, 5.74) is -1.12. The predicted octanol–water partition coefficient (Wildman–Crippen LogP) is 3.28. The van der Waals surface area contributed by atoms with Crippen molar-refractivity contribution >= 4 is 5.78 Å². The zero-order chi connectivity index (χ0) is 14.9. The van der Waals surface area contributed by atoms with Crippen LogP contribution < -0.4 is 4.74 Å². The van der Waals surface area contributed by atoms with Gasteiger partial charge in [-0.2, -0.15) is 13.2 Å². The Morgan fingerprint density at radius 3 is 2.25 bits per heavy atom. The number of rotatable bonds is 3. The summed E-state index contributed by atoms with van der Waals surface area (Å²) in [6.07, 6.45) is -3.34. The molecule has 0 bridgehead atoms. The minimum absolute atomic E-state index is 0.179. The van der Waals surface area contributed by atoms with Gasteiger partial charge in [0.25, 0.3) is 0 Å². The van der Waals surface area contributed by atoms with E-state index in [-0.39, 0.29) is 11.3 Å². The van der Waals surface area contributed by atoms with E-state index in [1.165, 1.54) is 49.2 Å². The van der Waals surface area contributed by atoms with Crippen molar-refractivity contribution in [1.29, 1.82) is 0 Å². The van der Waals surface area contributed by atoms with Crippen LogP contribution in [-0.4, -0.2) is 17.5 Å². The van der Waals surface area contributed by atoms with E-state index >= 15 is 0 Å². The number of halogens is 3. The Morgan fingerprint density at radius 1 is 1.15 bits per heavy atom. The van der Waals surface area contributed by atoms with Crippen LogP contribution in [0.4, 0.5) is 13.2 Å². The zero-order valence-corrected chi connectivity index (χ0v) is 10.9. The van der Waals surface area contributed by atoms with Crippen molar-refractivity contribution in [2.24, 2.45) is 7.05 Å². The van der Waals surface area contributed by atoms with Crippen LogP contribution in [0.1, 0.15) is 21.6 Å². The van der Waals surface area contributed by atoms with Gasteiger partial charge in [-0.05, 0) is 30.3 Å². The molecule has 2 aromatic rings. The SMILES string of the molecule is COc1ccc(C(=O)c2c(C(F)(F)F)ccn2C)cc1. The summed E-state index contributed by atoms with van der Waals surface area (Å²) in [6, 6.07) is 6.84. The second-order valence-corrected chi connectivity index (χ2v) is 4.24. The number of alkyl halides is 3. The van der Waals surface area contributed by atoms with Crippen LogP contribution in [0.3, 0.4) is 0 Å². The molecule has 0 amide bonds. The Balaban J connectivity index is 2.45. The molecule has 6 heteroatoms. The molecule has 1 aromatic carbocycles. The van der Waals surface area contributed by atoms with E-state index in [1.807, 2.05) is 0 Å². The van der Waals surface area contributed by atoms with Gasteiger partial charge in [0.2, 0.25) is 5.78 Å². The first kappa shape index (κ1) is 14.2. The number of hydrogen-bond acceptors (Lipinski definition) is 2. The lowest BCUT2D eigenvalue weighted by molar-refractivity contribution is -0.137. The minimum atomic E-state index is -4.56. The first-order valence-corrected chi connectivity index (χ1v) is 5.76. The van der Waals surface area contributed by atoms with Crippen LogP contribution in [-0.2, 0) is 13.2 Å². The molecule has 0 aliphatic heterocycles. The van der Waals surface area contributed by atoms with Crippen molar-refractivity contribution in [3.63, 3.8) is 0 Å². The van der Waals surface area contributed by atoms with Crippen LogP contribution in [0.5, 0.6) is 5.75 Å². The van der Waals surface area contributed by atoms with Crippen LogP contribution in [0.15, 0.2) is 36.5 Å². The van der Waals surface area contributed by atoms with Crippen molar-refractivity contribution in [2.45, 2.75) is 6.18 Å².